The number of halogens is 2. The second kappa shape index (κ2) is 11.6. The van der Waals surface area contributed by atoms with Gasteiger partial charge in [0.1, 0.15) is 6.54 Å². The molecule has 4 rings (SSSR count). The predicted octanol–water partition coefficient (Wildman–Crippen LogP) is 6.42. The average Bonchev–Trinajstić information content (AvgIpc) is 2.88. The smallest absolute Gasteiger partial charge is 0.264 e. The summed E-state index contributed by atoms with van der Waals surface area (Å²) in [6.07, 6.45) is 0. The number of carbonyl (C=O) groups is 1. The Labute approximate surface area is 221 Å². The minimum absolute atomic E-state index is 0.0616. The van der Waals surface area contributed by atoms with Crippen LogP contribution in [0.4, 0.5) is 5.69 Å². The molecular formula is C28H24Cl2N2O3S. The maximum atomic E-state index is 13.7. The molecule has 4 aromatic rings. The molecule has 8 heteroatoms. The van der Waals surface area contributed by atoms with Crippen molar-refractivity contribution in [2.45, 2.75) is 18.0 Å². The Bertz CT molecular complexity index is 1360. The fourth-order valence-electron chi connectivity index (χ4n) is 3.78. The van der Waals surface area contributed by atoms with Crippen LogP contribution in [-0.2, 0) is 27.9 Å². The Kier molecular flexibility index (Phi) is 8.31. The molecule has 0 radical (unpaired) electrons. The predicted molar refractivity (Wildman–Crippen MR) is 145 cm³/mol. The first kappa shape index (κ1) is 25.8. The highest BCUT2D eigenvalue weighted by Gasteiger charge is 2.29. The second-order valence-corrected chi connectivity index (χ2v) is 10.9. The zero-order chi connectivity index (χ0) is 25.5. The number of nitrogens with zero attached hydrogens (tertiary/aromatic N) is 2. The van der Waals surface area contributed by atoms with Gasteiger partial charge >= 0.3 is 0 Å². The van der Waals surface area contributed by atoms with Gasteiger partial charge < -0.3 is 4.90 Å². The van der Waals surface area contributed by atoms with E-state index < -0.39 is 16.6 Å². The van der Waals surface area contributed by atoms with Crippen LogP contribution in [0.2, 0.25) is 10.0 Å². The summed E-state index contributed by atoms with van der Waals surface area (Å²) in [5, 5.41) is 0.535. The molecule has 0 aliphatic carbocycles. The highest BCUT2D eigenvalue weighted by molar-refractivity contribution is 7.92. The molecule has 4 aromatic carbocycles. The molecule has 0 spiro atoms. The molecule has 0 fully saturated rings. The molecular weight excluding hydrogens is 515 g/mol. The van der Waals surface area contributed by atoms with Gasteiger partial charge in [0.15, 0.2) is 0 Å². The number of rotatable bonds is 9. The summed E-state index contributed by atoms with van der Waals surface area (Å²) >= 11 is 12.4. The van der Waals surface area contributed by atoms with Gasteiger partial charge in [0.05, 0.1) is 10.6 Å². The van der Waals surface area contributed by atoms with Crippen LogP contribution in [0.25, 0.3) is 0 Å². The SMILES string of the molecule is O=C(CN(c1cc(Cl)cc(Cl)c1)S(=O)(=O)c1ccccc1)N(Cc1ccccc1)Cc1ccccc1. The van der Waals surface area contributed by atoms with E-state index in [2.05, 4.69) is 0 Å². The summed E-state index contributed by atoms with van der Waals surface area (Å²) in [5.74, 6) is -0.363. The molecule has 184 valence electrons. The van der Waals surface area contributed by atoms with Crippen LogP contribution >= 0.6 is 23.2 Å². The van der Waals surface area contributed by atoms with E-state index >= 15 is 0 Å². The monoisotopic (exact) mass is 538 g/mol. The molecule has 5 nitrogen and oxygen atoms in total. The average molecular weight is 539 g/mol. The lowest BCUT2D eigenvalue weighted by Crippen LogP contribution is -2.42. The number of carbonyl (C=O) groups excluding carboxylic acids is 1. The van der Waals surface area contributed by atoms with E-state index in [1.165, 1.54) is 30.3 Å². The Morgan fingerprint density at radius 3 is 1.58 bits per heavy atom. The molecule has 0 saturated carbocycles. The normalized spacial score (nSPS) is 11.2. The summed E-state index contributed by atoms with van der Waals surface area (Å²) < 4.78 is 28.5. The Balaban J connectivity index is 1.72. The maximum absolute atomic E-state index is 13.7. The first-order valence-corrected chi connectivity index (χ1v) is 13.4. The van der Waals surface area contributed by atoms with Crippen molar-refractivity contribution in [2.75, 3.05) is 10.8 Å². The molecule has 0 heterocycles. The minimum Gasteiger partial charge on any atom is -0.332 e. The van der Waals surface area contributed by atoms with Gasteiger partial charge in [-0.25, -0.2) is 8.42 Å². The third-order valence-electron chi connectivity index (χ3n) is 5.53. The largest absolute Gasteiger partial charge is 0.332 e. The van der Waals surface area contributed by atoms with Gasteiger partial charge in [-0.1, -0.05) is 102 Å². The molecule has 0 aliphatic heterocycles. The first-order chi connectivity index (χ1) is 17.3. The van der Waals surface area contributed by atoms with Gasteiger partial charge in [-0.2, -0.15) is 0 Å². The highest BCUT2D eigenvalue weighted by Crippen LogP contribution is 2.30. The summed E-state index contributed by atoms with van der Waals surface area (Å²) in [5.41, 5.74) is 2.08. The van der Waals surface area contributed by atoms with Gasteiger partial charge in [0.25, 0.3) is 10.0 Å². The summed E-state index contributed by atoms with van der Waals surface area (Å²) in [6, 6.07) is 31.6. The van der Waals surface area contributed by atoms with Gasteiger partial charge in [0, 0.05) is 23.1 Å². The topological polar surface area (TPSA) is 57.7 Å². The molecule has 0 unspecified atom stereocenters. The zero-order valence-electron chi connectivity index (χ0n) is 19.3. The van der Waals surface area contributed by atoms with Crippen LogP contribution < -0.4 is 4.31 Å². The molecule has 0 N–H and O–H groups in total. The van der Waals surface area contributed by atoms with E-state index in [1.807, 2.05) is 60.7 Å². The molecule has 0 atom stereocenters. The van der Waals surface area contributed by atoms with Crippen molar-refractivity contribution in [1.82, 2.24) is 4.90 Å². The van der Waals surface area contributed by atoms with Gasteiger partial charge in [-0.05, 0) is 41.5 Å². The standard InChI is InChI=1S/C28H24Cl2N2O3S/c29-24-16-25(30)18-26(17-24)32(36(34,35)27-14-8-3-9-15-27)21-28(33)31(19-22-10-4-1-5-11-22)20-23-12-6-2-7-13-23/h1-18H,19-21H2. The number of sulfonamides is 1. The van der Waals surface area contributed by atoms with Crippen molar-refractivity contribution in [3.63, 3.8) is 0 Å². The molecule has 0 aromatic heterocycles. The van der Waals surface area contributed by atoms with Crippen molar-refractivity contribution in [1.29, 1.82) is 0 Å². The van der Waals surface area contributed by atoms with E-state index in [0.29, 0.717) is 13.1 Å². The quantitative estimate of drug-likeness (QED) is 0.247. The van der Waals surface area contributed by atoms with Crippen LogP contribution in [-0.4, -0.2) is 25.8 Å². The molecule has 0 aliphatic rings. The number of amides is 1. The lowest BCUT2D eigenvalue weighted by Gasteiger charge is -2.29. The minimum atomic E-state index is -4.09. The lowest BCUT2D eigenvalue weighted by atomic mass is 10.1. The van der Waals surface area contributed by atoms with Crippen molar-refractivity contribution < 1.29 is 13.2 Å². The summed E-state index contributed by atoms with van der Waals surface area (Å²) in [7, 11) is -4.09. The van der Waals surface area contributed by atoms with E-state index in [1.54, 1.807) is 23.1 Å². The van der Waals surface area contributed by atoms with Crippen molar-refractivity contribution >= 4 is 44.8 Å². The zero-order valence-corrected chi connectivity index (χ0v) is 21.6. The van der Waals surface area contributed by atoms with Gasteiger partial charge in [-0.15, -0.1) is 0 Å². The molecule has 36 heavy (non-hydrogen) atoms. The Morgan fingerprint density at radius 1 is 0.667 bits per heavy atom. The van der Waals surface area contributed by atoms with Crippen molar-refractivity contribution in [3.8, 4) is 0 Å². The summed E-state index contributed by atoms with van der Waals surface area (Å²) in [6.45, 7) is 0.224. The number of anilines is 1. The number of benzene rings is 4. The maximum Gasteiger partial charge on any atom is 0.264 e. The van der Waals surface area contributed by atoms with E-state index in [9.17, 15) is 13.2 Å². The Morgan fingerprint density at radius 2 is 1.11 bits per heavy atom. The second-order valence-electron chi connectivity index (χ2n) is 8.17. The van der Waals surface area contributed by atoms with E-state index in [4.69, 9.17) is 23.2 Å². The third kappa shape index (κ3) is 6.46. The van der Waals surface area contributed by atoms with Crippen LogP contribution in [0.15, 0.2) is 114 Å². The fraction of sp³-hybridized carbons (Fsp3) is 0.107. The number of hydrogen-bond donors (Lipinski definition) is 0. The van der Waals surface area contributed by atoms with E-state index in [0.717, 1.165) is 15.4 Å². The van der Waals surface area contributed by atoms with Gasteiger partial charge in [-0.3, -0.25) is 9.10 Å². The van der Waals surface area contributed by atoms with Crippen molar-refractivity contribution in [2.24, 2.45) is 0 Å². The lowest BCUT2D eigenvalue weighted by molar-refractivity contribution is -0.130. The van der Waals surface area contributed by atoms with Crippen LogP contribution in [0.1, 0.15) is 11.1 Å². The Hall–Kier alpha value is -3.32. The van der Waals surface area contributed by atoms with Crippen LogP contribution in [0.5, 0.6) is 0 Å². The highest BCUT2D eigenvalue weighted by atomic mass is 35.5. The third-order valence-corrected chi connectivity index (χ3v) is 7.76. The van der Waals surface area contributed by atoms with Crippen LogP contribution in [0.3, 0.4) is 0 Å². The molecule has 0 saturated heterocycles. The molecule has 0 bridgehead atoms. The fourth-order valence-corrected chi connectivity index (χ4v) is 5.71. The van der Waals surface area contributed by atoms with Crippen LogP contribution in [0, 0.1) is 0 Å². The van der Waals surface area contributed by atoms with Crippen molar-refractivity contribution in [3.05, 3.63) is 130 Å². The van der Waals surface area contributed by atoms with Gasteiger partial charge in [0.2, 0.25) is 5.91 Å². The first-order valence-electron chi connectivity index (χ1n) is 11.2. The summed E-state index contributed by atoms with van der Waals surface area (Å²) in [4.78, 5) is 15.4. The number of hydrogen-bond acceptors (Lipinski definition) is 3. The van der Waals surface area contributed by atoms with E-state index in [-0.39, 0.29) is 26.5 Å². The molecule has 1 amide bonds.